The lowest BCUT2D eigenvalue weighted by Crippen LogP contribution is -2.79. The van der Waals surface area contributed by atoms with Gasteiger partial charge in [0.2, 0.25) is 11.8 Å². The first-order chi connectivity index (χ1) is 13.0. The van der Waals surface area contributed by atoms with Crippen molar-refractivity contribution >= 4 is 11.8 Å². The van der Waals surface area contributed by atoms with Gasteiger partial charge in [0, 0.05) is 45.2 Å². The number of benzene rings is 1. The van der Waals surface area contributed by atoms with Crippen LogP contribution in [0.1, 0.15) is 18.4 Å². The van der Waals surface area contributed by atoms with Gasteiger partial charge in [-0.05, 0) is 12.0 Å². The summed E-state index contributed by atoms with van der Waals surface area (Å²) in [5, 5.41) is 19.2. The lowest BCUT2D eigenvalue weighted by Gasteiger charge is -2.60. The average Bonchev–Trinajstić information content (AvgIpc) is 3.00. The van der Waals surface area contributed by atoms with Gasteiger partial charge in [-0.1, -0.05) is 30.3 Å². The van der Waals surface area contributed by atoms with Crippen molar-refractivity contribution < 1.29 is 19.8 Å². The molecule has 146 valence electrons. The topological polar surface area (TPSA) is 84.3 Å². The summed E-state index contributed by atoms with van der Waals surface area (Å²) in [6.07, 6.45) is 0.787. The average molecular weight is 373 g/mol. The second-order valence-corrected chi connectivity index (χ2v) is 8.08. The summed E-state index contributed by atoms with van der Waals surface area (Å²) in [4.78, 5) is 31.0. The summed E-state index contributed by atoms with van der Waals surface area (Å²) in [5.74, 6) is 0.0499. The van der Waals surface area contributed by atoms with Crippen molar-refractivity contribution in [2.45, 2.75) is 36.9 Å². The molecule has 0 bridgehead atoms. The molecule has 2 atom stereocenters. The van der Waals surface area contributed by atoms with Gasteiger partial charge < -0.3 is 20.0 Å². The third-order valence-electron chi connectivity index (χ3n) is 6.12. The number of carbonyl (C=O) groups excluding carboxylic acids is 2. The Labute approximate surface area is 159 Å². The van der Waals surface area contributed by atoms with Gasteiger partial charge in [-0.3, -0.25) is 14.5 Å². The zero-order valence-electron chi connectivity index (χ0n) is 15.5. The van der Waals surface area contributed by atoms with Gasteiger partial charge in [-0.15, -0.1) is 0 Å². The molecule has 2 amide bonds. The third kappa shape index (κ3) is 3.47. The number of aliphatic hydroxyl groups is 2. The van der Waals surface area contributed by atoms with Gasteiger partial charge in [-0.2, -0.15) is 0 Å². The Morgan fingerprint density at radius 2 is 1.74 bits per heavy atom. The highest BCUT2D eigenvalue weighted by atomic mass is 16.3. The molecule has 7 nitrogen and oxygen atoms in total. The monoisotopic (exact) mass is 373 g/mol. The molecule has 1 spiro atoms. The molecule has 1 aromatic rings. The molecule has 3 fully saturated rings. The largest absolute Gasteiger partial charge is 0.396 e. The van der Waals surface area contributed by atoms with Crippen molar-refractivity contribution in [3.63, 3.8) is 0 Å². The van der Waals surface area contributed by atoms with E-state index in [0.717, 1.165) is 5.56 Å². The second-order valence-electron chi connectivity index (χ2n) is 8.08. The first-order valence-corrected chi connectivity index (χ1v) is 9.66. The van der Waals surface area contributed by atoms with Gasteiger partial charge in [0.15, 0.2) is 0 Å². The molecule has 0 radical (unpaired) electrons. The molecule has 7 heteroatoms. The summed E-state index contributed by atoms with van der Waals surface area (Å²) in [6.45, 7) is 2.78. The number of fused-ring (bicyclic) bond motifs is 2. The van der Waals surface area contributed by atoms with Crippen molar-refractivity contribution in [2.24, 2.45) is 0 Å². The molecule has 0 aliphatic carbocycles. The molecule has 0 aromatic heterocycles. The Morgan fingerprint density at radius 1 is 1.04 bits per heavy atom. The predicted octanol–water partition coefficient (Wildman–Crippen LogP) is -0.530. The number of aliphatic hydroxyl groups excluding tert-OH is 2. The molecule has 3 aliphatic heterocycles. The molecular weight excluding hydrogens is 346 g/mol. The maximum Gasteiger partial charge on any atom is 0.227 e. The fourth-order valence-corrected chi connectivity index (χ4v) is 4.86. The van der Waals surface area contributed by atoms with E-state index in [1.807, 2.05) is 40.1 Å². The van der Waals surface area contributed by atoms with Crippen LogP contribution >= 0.6 is 0 Å². The molecule has 2 unspecified atom stereocenters. The Kier molecular flexibility index (Phi) is 4.92. The van der Waals surface area contributed by atoms with Crippen molar-refractivity contribution in [1.29, 1.82) is 0 Å². The van der Waals surface area contributed by atoms with Crippen LogP contribution in [0.3, 0.4) is 0 Å². The van der Waals surface area contributed by atoms with Crippen molar-refractivity contribution in [3.05, 3.63) is 35.9 Å². The van der Waals surface area contributed by atoms with E-state index in [2.05, 4.69) is 4.90 Å². The summed E-state index contributed by atoms with van der Waals surface area (Å²) >= 11 is 0. The Bertz CT molecular complexity index is 704. The quantitative estimate of drug-likeness (QED) is 0.741. The van der Waals surface area contributed by atoms with Crippen LogP contribution in [0, 0.1) is 0 Å². The van der Waals surface area contributed by atoms with E-state index in [-0.39, 0.29) is 42.5 Å². The predicted molar refractivity (Wildman–Crippen MR) is 98.9 cm³/mol. The first-order valence-electron chi connectivity index (χ1n) is 9.66. The third-order valence-corrected chi connectivity index (χ3v) is 6.12. The smallest absolute Gasteiger partial charge is 0.227 e. The van der Waals surface area contributed by atoms with E-state index in [0.29, 0.717) is 45.6 Å². The summed E-state index contributed by atoms with van der Waals surface area (Å²) in [6, 6.07) is 9.84. The molecule has 0 saturated carbocycles. The van der Waals surface area contributed by atoms with Gasteiger partial charge >= 0.3 is 0 Å². The number of amides is 2. The van der Waals surface area contributed by atoms with Crippen LogP contribution in [0.2, 0.25) is 0 Å². The van der Waals surface area contributed by atoms with Crippen LogP contribution in [-0.2, 0) is 16.0 Å². The summed E-state index contributed by atoms with van der Waals surface area (Å²) in [5.41, 5.74) is 0.735. The highest BCUT2D eigenvalue weighted by molar-refractivity contribution is 5.80. The molecule has 3 aliphatic rings. The molecule has 4 rings (SSSR count). The number of hydrogen-bond donors (Lipinski definition) is 2. The maximum atomic E-state index is 12.6. The van der Waals surface area contributed by atoms with Crippen LogP contribution in [-0.4, -0.2) is 93.7 Å². The van der Waals surface area contributed by atoms with Crippen LogP contribution in [0.4, 0.5) is 0 Å². The first kappa shape index (κ1) is 18.4. The highest BCUT2D eigenvalue weighted by Gasteiger charge is 2.57. The fraction of sp³-hybridized carbons (Fsp3) is 0.600. The zero-order chi connectivity index (χ0) is 19.0. The van der Waals surface area contributed by atoms with Crippen molar-refractivity contribution in [3.8, 4) is 0 Å². The van der Waals surface area contributed by atoms with E-state index < -0.39 is 0 Å². The number of rotatable bonds is 4. The molecule has 2 N–H and O–H groups in total. The van der Waals surface area contributed by atoms with Gasteiger partial charge in [-0.25, -0.2) is 0 Å². The van der Waals surface area contributed by atoms with Crippen LogP contribution in [0.5, 0.6) is 0 Å². The van der Waals surface area contributed by atoms with Crippen LogP contribution < -0.4 is 0 Å². The molecule has 3 saturated heterocycles. The minimum Gasteiger partial charge on any atom is -0.396 e. The molecular formula is C20H27N3O4. The van der Waals surface area contributed by atoms with Crippen molar-refractivity contribution in [1.82, 2.24) is 14.7 Å². The highest BCUT2D eigenvalue weighted by Crippen LogP contribution is 2.39. The number of likely N-dealkylation sites (tertiary alicyclic amines) is 1. The number of hydrogen-bond acceptors (Lipinski definition) is 5. The number of carbonyl (C=O) groups is 2. The minimum atomic E-state index is -0.381. The van der Waals surface area contributed by atoms with Gasteiger partial charge in [0.05, 0.1) is 24.7 Å². The normalized spacial score (nSPS) is 26.7. The van der Waals surface area contributed by atoms with E-state index >= 15 is 0 Å². The van der Waals surface area contributed by atoms with Gasteiger partial charge in [0.1, 0.15) is 0 Å². The van der Waals surface area contributed by atoms with E-state index in [1.165, 1.54) is 0 Å². The van der Waals surface area contributed by atoms with Gasteiger partial charge in [0.25, 0.3) is 0 Å². The van der Waals surface area contributed by atoms with Crippen molar-refractivity contribution in [2.75, 3.05) is 39.3 Å². The number of piperazine rings is 1. The zero-order valence-corrected chi connectivity index (χ0v) is 15.5. The maximum absolute atomic E-state index is 12.6. The minimum absolute atomic E-state index is 0.0491. The summed E-state index contributed by atoms with van der Waals surface area (Å²) in [7, 11) is 0. The van der Waals surface area contributed by atoms with E-state index in [1.54, 1.807) is 0 Å². The SMILES string of the molecule is O=C(CCO)N1CC2CC(O)CN2C2(C1)CN(C(=O)Cc1ccccc1)C2. The number of nitrogens with zero attached hydrogens (tertiary/aromatic N) is 3. The lowest BCUT2D eigenvalue weighted by atomic mass is 9.83. The fourth-order valence-electron chi connectivity index (χ4n) is 4.86. The molecule has 1 aromatic carbocycles. The molecule has 27 heavy (non-hydrogen) atoms. The van der Waals surface area contributed by atoms with E-state index in [4.69, 9.17) is 5.11 Å². The Hall–Kier alpha value is -1.96. The van der Waals surface area contributed by atoms with Crippen LogP contribution in [0.15, 0.2) is 30.3 Å². The lowest BCUT2D eigenvalue weighted by molar-refractivity contribution is -0.161. The summed E-state index contributed by atoms with van der Waals surface area (Å²) < 4.78 is 0. The van der Waals surface area contributed by atoms with Crippen LogP contribution in [0.25, 0.3) is 0 Å². The number of β-amino-alcohol motifs (C(OH)–C–C–N with tert-alkyl or cyclic N) is 1. The van der Waals surface area contributed by atoms with E-state index in [9.17, 15) is 14.7 Å². The standard InChI is InChI=1S/C20H27N3O4/c24-7-6-18(26)21-10-16-9-17(25)11-23(16)20(12-21)13-22(14-20)19(27)8-15-4-2-1-3-5-15/h1-5,16-17,24-25H,6-14H2. The Balaban J connectivity index is 1.45. The Morgan fingerprint density at radius 3 is 2.44 bits per heavy atom. The second kappa shape index (κ2) is 7.22. The molecule has 3 heterocycles.